The first kappa shape index (κ1) is 21.9. The van der Waals surface area contributed by atoms with Gasteiger partial charge in [0.15, 0.2) is 9.84 Å². The van der Waals surface area contributed by atoms with E-state index >= 15 is 0 Å². The van der Waals surface area contributed by atoms with Crippen LogP contribution in [0.5, 0.6) is 0 Å². The van der Waals surface area contributed by atoms with Gasteiger partial charge in [-0.3, -0.25) is 0 Å². The molecule has 162 valence electrons. The molecule has 5 heteroatoms. The van der Waals surface area contributed by atoms with Gasteiger partial charge in [0, 0.05) is 17.0 Å². The zero-order chi connectivity index (χ0) is 21.1. The Morgan fingerprint density at radius 2 is 1.83 bits per heavy atom. The minimum atomic E-state index is -2.87. The van der Waals surface area contributed by atoms with Gasteiger partial charge in [-0.05, 0) is 91.7 Å². The minimum Gasteiger partial charge on any atom is -0.327 e. The van der Waals surface area contributed by atoms with Crippen LogP contribution in [0, 0.1) is 5.92 Å². The summed E-state index contributed by atoms with van der Waals surface area (Å²) in [5, 5.41) is 0.766. The number of unbranched alkanes of at least 4 members (excludes halogenated alkanes) is 1. The molecule has 3 nitrogen and oxygen atoms in total. The van der Waals surface area contributed by atoms with E-state index in [-0.39, 0.29) is 6.04 Å². The lowest BCUT2D eigenvalue weighted by Gasteiger charge is -2.32. The van der Waals surface area contributed by atoms with Crippen molar-refractivity contribution in [3.8, 4) is 0 Å². The number of benzene rings is 2. The van der Waals surface area contributed by atoms with Crippen LogP contribution in [0.1, 0.15) is 60.3 Å². The summed E-state index contributed by atoms with van der Waals surface area (Å²) < 4.78 is 24.3. The van der Waals surface area contributed by atoms with E-state index in [1.165, 1.54) is 22.3 Å². The first-order valence-electron chi connectivity index (χ1n) is 11.2. The highest BCUT2D eigenvalue weighted by Gasteiger charge is 2.28. The summed E-state index contributed by atoms with van der Waals surface area (Å²) in [5.74, 6) is 1.47. The third-order valence-electron chi connectivity index (χ3n) is 6.58. The fourth-order valence-corrected chi connectivity index (χ4v) is 6.76. The van der Waals surface area contributed by atoms with Crippen LogP contribution in [0.25, 0.3) is 0 Å². The largest absolute Gasteiger partial charge is 0.327 e. The topological polar surface area (TPSA) is 60.2 Å². The highest BCUT2D eigenvalue weighted by Crippen LogP contribution is 2.35. The van der Waals surface area contributed by atoms with Crippen LogP contribution in [-0.2, 0) is 29.1 Å². The summed E-state index contributed by atoms with van der Waals surface area (Å²) in [4.78, 5) is 0. The van der Waals surface area contributed by atoms with E-state index in [9.17, 15) is 8.42 Å². The molecule has 0 aliphatic heterocycles. The Bertz CT molecular complexity index is 984. The number of nitrogens with two attached hydrogens (primary N) is 1. The molecule has 2 aliphatic rings. The van der Waals surface area contributed by atoms with Gasteiger partial charge in [0.25, 0.3) is 0 Å². The van der Waals surface area contributed by atoms with Gasteiger partial charge in [0.1, 0.15) is 0 Å². The molecule has 4 rings (SSSR count). The summed E-state index contributed by atoms with van der Waals surface area (Å²) >= 11 is 6.18. The van der Waals surface area contributed by atoms with Crippen molar-refractivity contribution in [3.63, 3.8) is 0 Å². The van der Waals surface area contributed by atoms with E-state index in [2.05, 4.69) is 24.3 Å². The van der Waals surface area contributed by atoms with Crippen LogP contribution in [0.15, 0.2) is 42.5 Å². The average molecular weight is 446 g/mol. The second-order valence-corrected chi connectivity index (χ2v) is 11.9. The van der Waals surface area contributed by atoms with Gasteiger partial charge in [0.2, 0.25) is 0 Å². The van der Waals surface area contributed by atoms with Gasteiger partial charge in [0.05, 0.1) is 11.5 Å². The molecule has 2 atom stereocenters. The molecular formula is C25H32ClNO2S. The van der Waals surface area contributed by atoms with Crippen molar-refractivity contribution in [3.05, 3.63) is 69.7 Å². The maximum atomic E-state index is 12.1. The standard InChI is InChI=1S/C25H32ClNO2S/c26-22-6-3-5-20(14-22)16-24-23-15-18(9-10-21(23)11-12-25(24)27)4-1-2-13-30(28,29)17-19-7-8-19/h3,5-6,9-10,14-15,19,24-25H,1-2,4,7-8,11-13,16-17,27H2. The van der Waals surface area contributed by atoms with Crippen molar-refractivity contribution in [2.45, 2.75) is 63.3 Å². The van der Waals surface area contributed by atoms with Gasteiger partial charge in [-0.25, -0.2) is 8.42 Å². The van der Waals surface area contributed by atoms with E-state index < -0.39 is 9.84 Å². The third kappa shape index (κ3) is 5.87. The maximum absolute atomic E-state index is 12.1. The second-order valence-electron chi connectivity index (χ2n) is 9.19. The van der Waals surface area contributed by atoms with Crippen molar-refractivity contribution in [1.82, 2.24) is 0 Å². The van der Waals surface area contributed by atoms with Gasteiger partial charge in [-0.2, -0.15) is 0 Å². The molecule has 2 aromatic rings. The molecule has 0 heterocycles. The fraction of sp³-hybridized carbons (Fsp3) is 0.520. The Kier molecular flexibility index (Phi) is 6.86. The molecule has 2 aliphatic carbocycles. The molecule has 0 radical (unpaired) electrons. The fourth-order valence-electron chi connectivity index (χ4n) is 4.68. The molecule has 0 bridgehead atoms. The summed E-state index contributed by atoms with van der Waals surface area (Å²) in [6.07, 6.45) is 7.70. The van der Waals surface area contributed by atoms with E-state index in [1.54, 1.807) is 0 Å². The summed E-state index contributed by atoms with van der Waals surface area (Å²) in [7, 11) is -2.87. The number of sulfone groups is 1. The van der Waals surface area contributed by atoms with E-state index in [0.29, 0.717) is 23.3 Å². The average Bonchev–Trinajstić information content (AvgIpc) is 3.51. The van der Waals surface area contributed by atoms with Gasteiger partial charge < -0.3 is 5.73 Å². The van der Waals surface area contributed by atoms with Gasteiger partial charge >= 0.3 is 0 Å². The molecule has 2 N–H and O–H groups in total. The number of hydrogen-bond acceptors (Lipinski definition) is 3. The Balaban J connectivity index is 1.40. The SMILES string of the molecule is NC1CCc2ccc(CCCCS(=O)(=O)CC3CC3)cc2C1Cc1cccc(Cl)c1. The highest BCUT2D eigenvalue weighted by molar-refractivity contribution is 7.91. The zero-order valence-electron chi connectivity index (χ0n) is 17.5. The van der Waals surface area contributed by atoms with Crippen molar-refractivity contribution in [2.75, 3.05) is 11.5 Å². The van der Waals surface area contributed by atoms with Crippen LogP contribution in [0.4, 0.5) is 0 Å². The molecule has 0 amide bonds. The number of aryl methyl sites for hydroxylation is 2. The Labute approximate surface area is 185 Å². The summed E-state index contributed by atoms with van der Waals surface area (Å²) in [6, 6.07) is 15.0. The molecule has 30 heavy (non-hydrogen) atoms. The lowest BCUT2D eigenvalue weighted by molar-refractivity contribution is 0.467. The predicted octanol–water partition coefficient (Wildman–Crippen LogP) is 5.09. The lowest BCUT2D eigenvalue weighted by Crippen LogP contribution is -2.34. The highest BCUT2D eigenvalue weighted by atomic mass is 35.5. The van der Waals surface area contributed by atoms with Crippen LogP contribution < -0.4 is 5.73 Å². The molecule has 2 aromatic carbocycles. The molecule has 0 aromatic heterocycles. The van der Waals surface area contributed by atoms with Crippen LogP contribution in [0.2, 0.25) is 5.02 Å². The monoisotopic (exact) mass is 445 g/mol. The zero-order valence-corrected chi connectivity index (χ0v) is 19.1. The van der Waals surface area contributed by atoms with E-state index in [0.717, 1.165) is 56.4 Å². The van der Waals surface area contributed by atoms with Crippen LogP contribution in [-0.4, -0.2) is 26.0 Å². The number of rotatable bonds is 9. The van der Waals surface area contributed by atoms with Crippen LogP contribution in [0.3, 0.4) is 0 Å². The first-order valence-corrected chi connectivity index (χ1v) is 13.4. The molecule has 2 unspecified atom stereocenters. The normalized spacial score (nSPS) is 21.4. The lowest BCUT2D eigenvalue weighted by atomic mass is 9.76. The van der Waals surface area contributed by atoms with Gasteiger partial charge in [-0.15, -0.1) is 0 Å². The van der Waals surface area contributed by atoms with Crippen molar-refractivity contribution in [2.24, 2.45) is 11.7 Å². The van der Waals surface area contributed by atoms with Crippen molar-refractivity contribution < 1.29 is 8.42 Å². The second kappa shape index (κ2) is 9.42. The van der Waals surface area contributed by atoms with Crippen molar-refractivity contribution in [1.29, 1.82) is 0 Å². The molecule has 0 saturated heterocycles. The number of hydrogen-bond donors (Lipinski definition) is 1. The number of halogens is 1. The smallest absolute Gasteiger partial charge is 0.150 e. The molecule has 1 saturated carbocycles. The first-order chi connectivity index (χ1) is 14.4. The molecular weight excluding hydrogens is 414 g/mol. The third-order valence-corrected chi connectivity index (χ3v) is 8.70. The minimum absolute atomic E-state index is 0.152. The Morgan fingerprint density at radius 1 is 1.00 bits per heavy atom. The predicted molar refractivity (Wildman–Crippen MR) is 125 cm³/mol. The Hall–Kier alpha value is -1.36. The Morgan fingerprint density at radius 3 is 2.60 bits per heavy atom. The quantitative estimate of drug-likeness (QED) is 0.547. The van der Waals surface area contributed by atoms with Crippen LogP contribution >= 0.6 is 11.6 Å². The molecule has 1 fully saturated rings. The van der Waals surface area contributed by atoms with Gasteiger partial charge in [-0.1, -0.05) is 41.9 Å². The summed E-state index contributed by atoms with van der Waals surface area (Å²) in [6.45, 7) is 0. The number of fused-ring (bicyclic) bond motifs is 1. The van der Waals surface area contributed by atoms with E-state index in [1.807, 2.05) is 18.2 Å². The van der Waals surface area contributed by atoms with Crippen molar-refractivity contribution >= 4 is 21.4 Å². The maximum Gasteiger partial charge on any atom is 0.150 e. The van der Waals surface area contributed by atoms with E-state index in [4.69, 9.17) is 17.3 Å². The summed E-state index contributed by atoms with van der Waals surface area (Å²) in [5.41, 5.74) is 11.8. The molecule has 0 spiro atoms.